The first kappa shape index (κ1) is 73.0. The van der Waals surface area contributed by atoms with E-state index in [0.717, 1.165) is 48.2 Å². The highest BCUT2D eigenvalue weighted by Gasteiger charge is 2.69. The van der Waals surface area contributed by atoms with Gasteiger partial charge in [0.2, 0.25) is 17.7 Å². The molecule has 10 fully saturated rings. The van der Waals surface area contributed by atoms with Gasteiger partial charge in [-0.05, 0) is 98.5 Å². The summed E-state index contributed by atoms with van der Waals surface area (Å²) in [6, 6.07) is 3.60. The Bertz CT molecular complexity index is 3060. The number of nitrogens with one attached hydrogen (secondary N) is 5. The van der Waals surface area contributed by atoms with Gasteiger partial charge in [0, 0.05) is 88.9 Å². The summed E-state index contributed by atoms with van der Waals surface area (Å²) in [4.78, 5) is 104. The van der Waals surface area contributed by atoms with E-state index >= 15 is 0 Å². The van der Waals surface area contributed by atoms with Crippen LogP contribution in [0.5, 0.6) is 0 Å². The molecule has 0 aliphatic carbocycles. The summed E-state index contributed by atoms with van der Waals surface area (Å²) >= 11 is 0. The summed E-state index contributed by atoms with van der Waals surface area (Å²) in [5.74, 6) is -3.98. The quantitative estimate of drug-likeness (QED) is 0.0394. The molecule has 8 amide bonds. The number of fused-ring (bicyclic) bond motifs is 6. The van der Waals surface area contributed by atoms with Crippen LogP contribution in [0.3, 0.4) is 0 Å². The standard InChI is InChI=1S/C70H99N7O21/c1-37(2)59(76-56(80)20-24-88-26-27-89-25-23-77-57(81)17-18-58(77)82)67(84)75-49(8-7-22-72-68(71)85)66(83)74-42-11-9-41(10-12-42)36-90-69(86)73-35-44(79)32-54-60(87-6)48-31-43(78)30-46-14-16-51-61(93-46)65-64-63(95-51)62-55(96-64)34-70(97-62,98-65)21-19-47-29-39(4)50(91-47)15-13-45-28-38(3)40(5)52(92-45)33-53(48)94-54/h9-12,17-18,37-38,44-55,59-65,79H,4-5,7-8,13-16,19-36H2,1-3,6H3,(H,73,86)(H,74,83)(H,75,84)(H,76,80)(H3,71,72,85)/t38-,44+,45+,46-,47+,48+,49+,50+,51+,52-,53+,54-,55-,59+,60-,61+,62+,63+,64?,65+,70+/m1/s1. The van der Waals surface area contributed by atoms with Crippen LogP contribution in [-0.4, -0.2) is 226 Å². The number of Topliss-reactive ketones (excluding diaryl/α,β-unsaturated/α-hetero) is 1. The fourth-order valence-electron chi connectivity index (χ4n) is 15.7. The van der Waals surface area contributed by atoms with Crippen LogP contribution in [0.4, 0.5) is 15.3 Å². The smallest absolute Gasteiger partial charge is 0.407 e. The van der Waals surface area contributed by atoms with E-state index in [4.69, 9.17) is 62.6 Å². The molecule has 10 saturated heterocycles. The van der Waals surface area contributed by atoms with Gasteiger partial charge in [0.1, 0.15) is 55.0 Å². The molecule has 98 heavy (non-hydrogen) atoms. The summed E-state index contributed by atoms with van der Waals surface area (Å²) < 4.78 is 77.3. The molecule has 0 aromatic heterocycles. The van der Waals surface area contributed by atoms with E-state index < -0.39 is 102 Å². The number of nitrogens with zero attached hydrogens (tertiary/aromatic N) is 1. The lowest BCUT2D eigenvalue weighted by Crippen LogP contribution is -2.61. The van der Waals surface area contributed by atoms with E-state index in [2.05, 4.69) is 46.7 Å². The Morgan fingerprint density at radius 1 is 0.745 bits per heavy atom. The summed E-state index contributed by atoms with van der Waals surface area (Å²) in [7, 11) is 1.58. The second kappa shape index (κ2) is 33.0. The number of rotatable bonds is 26. The average molecular weight is 1370 g/mol. The minimum atomic E-state index is -1.11. The van der Waals surface area contributed by atoms with Gasteiger partial charge in [-0.1, -0.05) is 46.1 Å². The van der Waals surface area contributed by atoms with Crippen LogP contribution in [-0.2, 0) is 92.2 Å². The van der Waals surface area contributed by atoms with Crippen LogP contribution < -0.4 is 32.3 Å². The number of primary amides is 1. The van der Waals surface area contributed by atoms with Crippen LogP contribution >= 0.6 is 0 Å². The molecule has 11 aliphatic rings. The van der Waals surface area contributed by atoms with E-state index in [-0.39, 0.29) is 170 Å². The number of urea groups is 1. The number of alkyl carbamates (subject to hydrolysis) is 1. The van der Waals surface area contributed by atoms with E-state index in [9.17, 15) is 43.5 Å². The van der Waals surface area contributed by atoms with Gasteiger partial charge >= 0.3 is 12.1 Å². The SMILES string of the molecule is C=C1C[C@@H]2CC[C@@]34C[C@H]5OC6[C@@H](O[C@H]7CC[C@H](CC(=O)C[C@@H]8[C@@H](OC)[C@@H](C[C@H](O)CNC(=O)OCc9ccc(NC(=O)[C@H](CCCNC(N)=O)NC(=O)[C@@H](NC(=O)CCOCCOCCN%10C(=O)C=CC%10=O)C(C)C)cc9)O[C@H]8C[C@H]8O[C@@H](CC[C@@H]1O2)C[C@@H](C)C8=C)O[C@@H]7[C@@H]6O3)[C@H]5O4. The summed E-state index contributed by atoms with van der Waals surface area (Å²) in [6.07, 6.45) is 3.08. The zero-order valence-corrected chi connectivity index (χ0v) is 56.6. The Morgan fingerprint density at radius 3 is 2.21 bits per heavy atom. The number of imide groups is 1. The molecule has 1 aromatic carbocycles. The maximum absolute atomic E-state index is 14.5. The summed E-state index contributed by atoms with van der Waals surface area (Å²) in [5.41, 5.74) is 8.22. The van der Waals surface area contributed by atoms with E-state index in [1.54, 1.807) is 45.2 Å². The first-order valence-electron chi connectivity index (χ1n) is 35.1. The third-order valence-corrected chi connectivity index (χ3v) is 20.9. The Labute approximate surface area is 571 Å². The monoisotopic (exact) mass is 1370 g/mol. The summed E-state index contributed by atoms with van der Waals surface area (Å²) in [5, 5.41) is 25.0. The maximum Gasteiger partial charge on any atom is 0.407 e. The van der Waals surface area contributed by atoms with Crippen LogP contribution in [0.15, 0.2) is 60.7 Å². The number of aliphatic hydroxyl groups excluding tert-OH is 1. The Kier molecular flexibility index (Phi) is 24.6. The van der Waals surface area contributed by atoms with Crippen LogP contribution in [0.2, 0.25) is 0 Å². The van der Waals surface area contributed by atoms with Gasteiger partial charge in [-0.15, -0.1) is 0 Å². The average Bonchev–Trinajstić information content (AvgIpc) is 1.55. The first-order valence-corrected chi connectivity index (χ1v) is 35.1. The lowest BCUT2D eigenvalue weighted by molar-refractivity contribution is -0.292. The maximum atomic E-state index is 14.5. The molecule has 12 rings (SSSR count). The molecule has 0 saturated carbocycles. The number of nitrogens with two attached hydrogens (primary N) is 1. The lowest BCUT2D eigenvalue weighted by Gasteiger charge is -2.47. The Morgan fingerprint density at radius 2 is 1.46 bits per heavy atom. The molecular weight excluding hydrogens is 1270 g/mol. The molecule has 21 atom stereocenters. The highest BCUT2D eigenvalue weighted by atomic mass is 16.8. The molecular formula is C70H99N7O21. The number of amides is 8. The number of carbonyl (C=O) groups excluding carboxylic acids is 8. The number of methoxy groups -OCH3 is 1. The number of benzene rings is 1. The van der Waals surface area contributed by atoms with Crippen molar-refractivity contribution >= 4 is 53.1 Å². The Balaban J connectivity index is 0.658. The van der Waals surface area contributed by atoms with Gasteiger partial charge in [0.05, 0.1) is 100 Å². The van der Waals surface area contributed by atoms with Crippen molar-refractivity contribution in [2.75, 3.05) is 58.5 Å². The molecule has 1 spiro atoms. The van der Waals surface area contributed by atoms with Crippen molar-refractivity contribution in [1.29, 1.82) is 0 Å². The van der Waals surface area contributed by atoms with Crippen molar-refractivity contribution in [3.05, 3.63) is 66.3 Å². The normalized spacial score (nSPS) is 34.4. The predicted molar refractivity (Wildman–Crippen MR) is 348 cm³/mol. The van der Waals surface area contributed by atoms with Crippen LogP contribution in [0.1, 0.15) is 129 Å². The lowest BCUT2D eigenvalue weighted by atomic mass is 9.81. The molecule has 28 nitrogen and oxygen atoms in total. The second-order valence-electron chi connectivity index (χ2n) is 28.3. The van der Waals surface area contributed by atoms with Crippen molar-refractivity contribution in [3.63, 3.8) is 0 Å². The molecule has 8 N–H and O–H groups in total. The predicted octanol–water partition coefficient (Wildman–Crippen LogP) is 3.77. The summed E-state index contributed by atoms with van der Waals surface area (Å²) in [6.45, 7) is 14.9. The molecule has 1 unspecified atom stereocenters. The number of anilines is 1. The number of aliphatic hydroxyl groups is 1. The van der Waals surface area contributed by atoms with Crippen molar-refractivity contribution in [1.82, 2.24) is 26.2 Å². The van der Waals surface area contributed by atoms with Crippen molar-refractivity contribution in [2.24, 2.45) is 23.5 Å². The number of hydrogen-bond acceptors (Lipinski definition) is 21. The fourth-order valence-corrected chi connectivity index (χ4v) is 15.7. The van der Waals surface area contributed by atoms with Crippen molar-refractivity contribution < 1.29 is 100 Å². The molecule has 1 aromatic rings. The van der Waals surface area contributed by atoms with Gasteiger partial charge in [0.25, 0.3) is 11.8 Å². The van der Waals surface area contributed by atoms with Gasteiger partial charge < -0.3 is 94.3 Å². The molecule has 540 valence electrons. The van der Waals surface area contributed by atoms with Crippen LogP contribution in [0.25, 0.3) is 0 Å². The highest BCUT2D eigenvalue weighted by Crippen LogP contribution is 2.54. The largest absolute Gasteiger partial charge is 0.445 e. The van der Waals surface area contributed by atoms with Gasteiger partial charge in [0.15, 0.2) is 5.79 Å². The third kappa shape index (κ3) is 18.1. The molecule has 28 heteroatoms. The highest BCUT2D eigenvalue weighted by molar-refractivity contribution is 6.12. The third-order valence-electron chi connectivity index (χ3n) is 20.9. The molecule has 0 radical (unpaired) electrons. The zero-order valence-electron chi connectivity index (χ0n) is 56.6. The molecule has 12 bridgehead atoms. The zero-order chi connectivity index (χ0) is 69.4. The molecule has 11 aliphatic heterocycles. The van der Waals surface area contributed by atoms with E-state index in [1.807, 2.05) is 0 Å². The van der Waals surface area contributed by atoms with E-state index in [1.165, 1.54) is 12.2 Å². The van der Waals surface area contributed by atoms with Gasteiger partial charge in [-0.2, -0.15) is 0 Å². The van der Waals surface area contributed by atoms with Gasteiger partial charge in [-0.25, -0.2) is 9.59 Å². The minimum Gasteiger partial charge on any atom is -0.445 e. The number of ketones is 1. The minimum absolute atomic E-state index is 0.00733. The molecule has 11 heterocycles. The first-order chi connectivity index (χ1) is 47.1. The number of carbonyl (C=O) groups is 8. The topological polar surface area (TPSA) is 357 Å². The van der Waals surface area contributed by atoms with Gasteiger partial charge in [-0.3, -0.25) is 33.7 Å². The van der Waals surface area contributed by atoms with Crippen molar-refractivity contribution in [3.8, 4) is 0 Å². The Hall–Kier alpha value is -6.28. The van der Waals surface area contributed by atoms with Crippen molar-refractivity contribution in [2.45, 2.75) is 246 Å². The van der Waals surface area contributed by atoms with Crippen LogP contribution in [0, 0.1) is 17.8 Å². The number of hydrogen-bond donors (Lipinski definition) is 7. The fraction of sp³-hybridized carbons (Fsp3) is 0.714. The van der Waals surface area contributed by atoms with E-state index in [0.29, 0.717) is 43.4 Å². The number of ether oxygens (including phenoxy) is 12. The second-order valence-corrected chi connectivity index (χ2v) is 28.3.